The van der Waals surface area contributed by atoms with Crippen molar-refractivity contribution in [2.24, 2.45) is 0 Å². The molecule has 0 saturated carbocycles. The van der Waals surface area contributed by atoms with Gasteiger partial charge in [0.05, 0.1) is 17.6 Å². The fourth-order valence-electron chi connectivity index (χ4n) is 1.69. The number of hydrogen-bond donors (Lipinski definition) is 1. The fraction of sp³-hybridized carbons (Fsp3) is 0.231. The minimum absolute atomic E-state index is 0.653. The van der Waals surface area contributed by atoms with Crippen LogP contribution in [0.4, 0.5) is 5.69 Å². The van der Waals surface area contributed by atoms with Crippen LogP contribution in [0.5, 0.6) is 0 Å². The molecular formula is C13H13BrN4. The zero-order valence-corrected chi connectivity index (χ0v) is 11.4. The molecule has 0 bridgehead atoms. The maximum Gasteiger partial charge on any atom is 0.103 e. The first kappa shape index (κ1) is 12.7. The van der Waals surface area contributed by atoms with Crippen molar-refractivity contribution >= 4 is 21.6 Å². The third-order valence-electron chi connectivity index (χ3n) is 2.59. The van der Waals surface area contributed by atoms with Crippen LogP contribution in [0.15, 0.2) is 41.4 Å². The van der Waals surface area contributed by atoms with Gasteiger partial charge in [0.2, 0.25) is 0 Å². The Morgan fingerprint density at radius 2 is 2.33 bits per heavy atom. The Labute approximate surface area is 114 Å². The van der Waals surface area contributed by atoms with Crippen molar-refractivity contribution in [2.75, 3.05) is 11.9 Å². The van der Waals surface area contributed by atoms with Gasteiger partial charge in [-0.1, -0.05) is 6.07 Å². The van der Waals surface area contributed by atoms with Crippen molar-refractivity contribution in [1.82, 2.24) is 9.55 Å². The summed E-state index contributed by atoms with van der Waals surface area (Å²) >= 11 is 3.37. The summed E-state index contributed by atoms with van der Waals surface area (Å²) in [5, 5.41) is 12.4. The van der Waals surface area contributed by atoms with Gasteiger partial charge in [-0.3, -0.25) is 0 Å². The first-order valence-corrected chi connectivity index (χ1v) is 6.49. The summed E-state index contributed by atoms with van der Waals surface area (Å²) in [6, 6.07) is 7.90. The molecule has 0 amide bonds. The molecule has 1 aromatic carbocycles. The average Bonchev–Trinajstić information content (AvgIpc) is 2.88. The Bertz CT molecular complexity index is 543. The highest BCUT2D eigenvalue weighted by Crippen LogP contribution is 2.23. The number of aryl methyl sites for hydroxylation is 1. The van der Waals surface area contributed by atoms with Crippen LogP contribution < -0.4 is 5.32 Å². The molecule has 2 aromatic rings. The van der Waals surface area contributed by atoms with Crippen molar-refractivity contribution in [3.05, 3.63) is 47.0 Å². The van der Waals surface area contributed by atoms with Gasteiger partial charge in [0.15, 0.2) is 0 Å². The lowest BCUT2D eigenvalue weighted by atomic mass is 10.2. The maximum absolute atomic E-state index is 9.07. The van der Waals surface area contributed by atoms with Crippen LogP contribution in [0, 0.1) is 11.3 Å². The fourth-order valence-corrected chi connectivity index (χ4v) is 2.14. The second-order valence-electron chi connectivity index (χ2n) is 3.86. The summed E-state index contributed by atoms with van der Waals surface area (Å²) in [7, 11) is 0. The van der Waals surface area contributed by atoms with Crippen LogP contribution in [-0.2, 0) is 6.54 Å². The van der Waals surface area contributed by atoms with Gasteiger partial charge in [0.25, 0.3) is 0 Å². The summed E-state index contributed by atoms with van der Waals surface area (Å²) < 4.78 is 2.86. The molecule has 0 aliphatic carbocycles. The number of hydrogen-bond acceptors (Lipinski definition) is 3. The van der Waals surface area contributed by atoms with E-state index in [9.17, 15) is 0 Å². The number of anilines is 1. The molecule has 0 atom stereocenters. The molecule has 0 radical (unpaired) electrons. The predicted octanol–water partition coefficient (Wildman–Crippen LogP) is 3.02. The molecule has 0 fully saturated rings. The second kappa shape index (κ2) is 6.22. The number of aromatic nitrogens is 2. The molecule has 0 unspecified atom stereocenters. The van der Waals surface area contributed by atoms with E-state index in [0.717, 1.165) is 29.7 Å². The number of halogens is 1. The monoisotopic (exact) mass is 304 g/mol. The van der Waals surface area contributed by atoms with Gasteiger partial charge in [-0.25, -0.2) is 4.98 Å². The molecule has 1 heterocycles. The zero-order valence-electron chi connectivity index (χ0n) is 9.81. The second-order valence-corrected chi connectivity index (χ2v) is 4.71. The van der Waals surface area contributed by atoms with Crippen molar-refractivity contribution in [3.8, 4) is 6.07 Å². The smallest absolute Gasteiger partial charge is 0.103 e. The van der Waals surface area contributed by atoms with Crippen LogP contribution in [0.2, 0.25) is 0 Å². The molecule has 2 rings (SSSR count). The van der Waals surface area contributed by atoms with Gasteiger partial charge in [-0.05, 0) is 34.5 Å². The van der Waals surface area contributed by atoms with Gasteiger partial charge in [0, 0.05) is 30.0 Å². The van der Waals surface area contributed by atoms with Gasteiger partial charge in [-0.15, -0.1) is 0 Å². The first-order valence-electron chi connectivity index (χ1n) is 5.69. The minimum atomic E-state index is 0.653. The Morgan fingerprint density at radius 1 is 1.44 bits per heavy atom. The van der Waals surface area contributed by atoms with Crippen molar-refractivity contribution in [1.29, 1.82) is 5.26 Å². The van der Waals surface area contributed by atoms with E-state index in [2.05, 4.69) is 32.3 Å². The summed E-state index contributed by atoms with van der Waals surface area (Å²) in [5.41, 5.74) is 1.53. The quantitative estimate of drug-likeness (QED) is 0.864. The Balaban J connectivity index is 1.87. The van der Waals surface area contributed by atoms with E-state index in [-0.39, 0.29) is 0 Å². The Morgan fingerprint density at radius 3 is 3.06 bits per heavy atom. The van der Waals surface area contributed by atoms with Gasteiger partial charge in [-0.2, -0.15) is 5.26 Å². The van der Waals surface area contributed by atoms with Crippen LogP contribution in [0.1, 0.15) is 12.0 Å². The number of benzene rings is 1. The highest BCUT2D eigenvalue weighted by Gasteiger charge is 2.04. The number of imidazole rings is 1. The highest BCUT2D eigenvalue weighted by atomic mass is 79.9. The summed E-state index contributed by atoms with van der Waals surface area (Å²) in [5.74, 6) is 0. The van der Waals surface area contributed by atoms with Crippen LogP contribution in [-0.4, -0.2) is 16.1 Å². The van der Waals surface area contributed by atoms with E-state index < -0.39 is 0 Å². The summed E-state index contributed by atoms with van der Waals surface area (Å²) in [6.07, 6.45) is 6.50. The van der Waals surface area contributed by atoms with E-state index in [4.69, 9.17) is 5.26 Å². The summed E-state index contributed by atoms with van der Waals surface area (Å²) in [4.78, 5) is 3.99. The van der Waals surface area contributed by atoms with E-state index in [0.29, 0.717) is 5.56 Å². The molecule has 92 valence electrons. The van der Waals surface area contributed by atoms with E-state index in [1.807, 2.05) is 29.0 Å². The molecule has 0 aliphatic heterocycles. The van der Waals surface area contributed by atoms with Gasteiger partial charge < -0.3 is 9.88 Å². The molecule has 0 aliphatic rings. The molecular weight excluding hydrogens is 292 g/mol. The Hall–Kier alpha value is -1.80. The standard InChI is InChI=1S/C13H13BrN4/c14-12-3-1-4-13(11(12)9-15)17-5-2-7-18-8-6-16-10-18/h1,3-4,6,8,10,17H,2,5,7H2. The van der Waals surface area contributed by atoms with E-state index in [1.54, 1.807) is 12.5 Å². The molecule has 1 N–H and O–H groups in total. The molecule has 0 spiro atoms. The SMILES string of the molecule is N#Cc1c(Br)cccc1NCCCn1ccnc1. The largest absolute Gasteiger partial charge is 0.384 e. The number of nitrogens with one attached hydrogen (secondary N) is 1. The van der Waals surface area contributed by atoms with Crippen LogP contribution in [0.3, 0.4) is 0 Å². The molecule has 1 aromatic heterocycles. The zero-order chi connectivity index (χ0) is 12.8. The molecule has 0 saturated heterocycles. The summed E-state index contributed by atoms with van der Waals surface area (Å²) in [6.45, 7) is 1.74. The molecule has 5 heteroatoms. The first-order chi connectivity index (χ1) is 8.81. The topological polar surface area (TPSA) is 53.6 Å². The van der Waals surface area contributed by atoms with Crippen molar-refractivity contribution in [2.45, 2.75) is 13.0 Å². The number of rotatable bonds is 5. The lowest BCUT2D eigenvalue weighted by Crippen LogP contribution is -2.07. The van der Waals surface area contributed by atoms with Gasteiger partial charge >= 0.3 is 0 Å². The number of nitrogens with zero attached hydrogens (tertiary/aromatic N) is 3. The van der Waals surface area contributed by atoms with Gasteiger partial charge in [0.1, 0.15) is 6.07 Å². The predicted molar refractivity (Wildman–Crippen MR) is 74.2 cm³/mol. The van der Waals surface area contributed by atoms with E-state index in [1.165, 1.54) is 0 Å². The average molecular weight is 305 g/mol. The lowest BCUT2D eigenvalue weighted by molar-refractivity contribution is 0.661. The normalized spacial score (nSPS) is 10.0. The van der Waals surface area contributed by atoms with Crippen molar-refractivity contribution < 1.29 is 0 Å². The minimum Gasteiger partial charge on any atom is -0.384 e. The molecule has 4 nitrogen and oxygen atoms in total. The van der Waals surface area contributed by atoms with Crippen LogP contribution >= 0.6 is 15.9 Å². The maximum atomic E-state index is 9.07. The Kier molecular flexibility index (Phi) is 4.37. The lowest BCUT2D eigenvalue weighted by Gasteiger charge is -2.09. The van der Waals surface area contributed by atoms with E-state index >= 15 is 0 Å². The van der Waals surface area contributed by atoms with Crippen LogP contribution in [0.25, 0.3) is 0 Å². The third kappa shape index (κ3) is 3.11. The molecule has 18 heavy (non-hydrogen) atoms. The number of nitriles is 1. The highest BCUT2D eigenvalue weighted by molar-refractivity contribution is 9.10. The van der Waals surface area contributed by atoms with Crippen molar-refractivity contribution in [3.63, 3.8) is 0 Å². The third-order valence-corrected chi connectivity index (χ3v) is 3.25.